The smallest absolute Gasteiger partial charge is 0.254 e. The van der Waals surface area contributed by atoms with Crippen LogP contribution >= 0.6 is 0 Å². The van der Waals surface area contributed by atoms with Crippen molar-refractivity contribution in [1.29, 1.82) is 5.26 Å². The van der Waals surface area contributed by atoms with Gasteiger partial charge in [-0.05, 0) is 48.9 Å². The molecule has 2 N–H and O–H groups in total. The lowest BCUT2D eigenvalue weighted by molar-refractivity contribution is 0.0964. The van der Waals surface area contributed by atoms with Crippen LogP contribution in [0, 0.1) is 18.3 Å². The first-order chi connectivity index (χ1) is 17.1. The highest BCUT2D eigenvalue weighted by molar-refractivity contribution is 6.01. The number of aryl methyl sites for hydroxylation is 1. The highest BCUT2D eigenvalue weighted by atomic mass is 16.1. The summed E-state index contributed by atoms with van der Waals surface area (Å²) in [5, 5.41) is 24.2. The number of nitriles is 1. The van der Waals surface area contributed by atoms with Crippen LogP contribution in [0.5, 0.6) is 0 Å². The second-order valence-corrected chi connectivity index (χ2v) is 8.01. The number of amides is 1. The van der Waals surface area contributed by atoms with Crippen LogP contribution < -0.4 is 10.6 Å². The molecule has 0 atom stereocenters. The molecule has 0 saturated heterocycles. The van der Waals surface area contributed by atoms with Crippen LogP contribution in [0.3, 0.4) is 0 Å². The normalized spacial score (nSPS) is 10.8. The molecule has 0 radical (unpaired) electrons. The lowest BCUT2D eigenvalue weighted by atomic mass is 10.1. The summed E-state index contributed by atoms with van der Waals surface area (Å²) in [6, 6.07) is 21.2. The van der Waals surface area contributed by atoms with E-state index >= 15 is 0 Å². The average molecular weight is 463 g/mol. The van der Waals surface area contributed by atoms with Crippen LogP contribution in [-0.2, 0) is 6.54 Å². The maximum absolute atomic E-state index is 12.3. The van der Waals surface area contributed by atoms with Gasteiger partial charge in [0.25, 0.3) is 5.91 Å². The number of anilines is 1. The number of nitrogens with one attached hydrogen (secondary N) is 2. The third-order valence-electron chi connectivity index (χ3n) is 5.62. The van der Waals surface area contributed by atoms with Gasteiger partial charge in [0, 0.05) is 37.1 Å². The molecular weight excluding hydrogens is 440 g/mol. The largest absolute Gasteiger partial charge is 0.364 e. The summed E-state index contributed by atoms with van der Waals surface area (Å²) in [6.07, 6.45) is 3.37. The number of benzene rings is 1. The van der Waals surface area contributed by atoms with Gasteiger partial charge in [0.2, 0.25) is 0 Å². The van der Waals surface area contributed by atoms with Crippen molar-refractivity contribution in [2.45, 2.75) is 13.5 Å². The van der Waals surface area contributed by atoms with Gasteiger partial charge < -0.3 is 10.6 Å². The summed E-state index contributed by atoms with van der Waals surface area (Å²) >= 11 is 0. The molecule has 4 aromatic heterocycles. The number of hydrogen-bond acceptors (Lipinski definition) is 6. The highest BCUT2D eigenvalue weighted by Crippen LogP contribution is 2.28. The Morgan fingerprint density at radius 1 is 1.11 bits per heavy atom. The molecule has 0 unspecified atom stereocenters. The van der Waals surface area contributed by atoms with E-state index in [0.29, 0.717) is 34.8 Å². The Bertz CT molecular complexity index is 1590. The molecule has 0 spiro atoms. The van der Waals surface area contributed by atoms with E-state index < -0.39 is 0 Å². The molecule has 0 bridgehead atoms. The van der Waals surface area contributed by atoms with E-state index in [1.165, 1.54) is 0 Å². The van der Waals surface area contributed by atoms with E-state index in [1.807, 2.05) is 67.7 Å². The fraction of sp³-hybridized carbons (Fsp3) is 0.115. The van der Waals surface area contributed by atoms with Crippen LogP contribution in [0.25, 0.3) is 22.6 Å². The molecular formula is C26H22N8O. The zero-order valence-corrected chi connectivity index (χ0v) is 19.2. The van der Waals surface area contributed by atoms with E-state index in [2.05, 4.69) is 26.8 Å². The molecule has 35 heavy (non-hydrogen) atoms. The summed E-state index contributed by atoms with van der Waals surface area (Å²) in [5.41, 5.74) is 5.31. The van der Waals surface area contributed by atoms with Crippen molar-refractivity contribution in [1.82, 2.24) is 29.7 Å². The number of nitrogens with zero attached hydrogens (tertiary/aromatic N) is 6. The van der Waals surface area contributed by atoms with E-state index in [1.54, 1.807) is 28.5 Å². The predicted octanol–water partition coefficient (Wildman–Crippen LogP) is 3.73. The molecule has 0 aliphatic carbocycles. The van der Waals surface area contributed by atoms with Gasteiger partial charge in [-0.1, -0.05) is 18.2 Å². The number of pyridine rings is 2. The van der Waals surface area contributed by atoms with Gasteiger partial charge in [0.1, 0.15) is 5.82 Å². The minimum atomic E-state index is -0.201. The van der Waals surface area contributed by atoms with E-state index in [4.69, 9.17) is 10.4 Å². The standard InChI is InChI=1S/C26H22N8O/c1-17-5-3-8-25(31-17)34-22(13-24(32-34)29-15-19-7-4-6-18(11-19)14-27)20-9-10-33-23(12-20)21(16-30-33)26(35)28-2/h3-13,16H,15H2,1-2H3,(H,28,35)(H,29,32). The molecule has 172 valence electrons. The number of carbonyl (C=O) groups is 1. The second kappa shape index (κ2) is 9.11. The number of hydrogen-bond donors (Lipinski definition) is 2. The van der Waals surface area contributed by atoms with E-state index in [0.717, 1.165) is 22.5 Å². The van der Waals surface area contributed by atoms with Gasteiger partial charge in [-0.3, -0.25) is 4.79 Å². The number of rotatable bonds is 6. The van der Waals surface area contributed by atoms with Gasteiger partial charge >= 0.3 is 0 Å². The summed E-state index contributed by atoms with van der Waals surface area (Å²) in [7, 11) is 1.60. The molecule has 9 heteroatoms. The Morgan fingerprint density at radius 3 is 2.77 bits per heavy atom. The Labute approximate surface area is 201 Å². The van der Waals surface area contributed by atoms with Crippen LogP contribution in [0.15, 0.2) is 73.1 Å². The summed E-state index contributed by atoms with van der Waals surface area (Å²) < 4.78 is 3.45. The predicted molar refractivity (Wildman–Crippen MR) is 132 cm³/mol. The van der Waals surface area contributed by atoms with Gasteiger partial charge in [-0.15, -0.1) is 5.10 Å². The molecule has 0 saturated carbocycles. The number of fused-ring (bicyclic) bond motifs is 1. The SMILES string of the molecule is CNC(=O)c1cnn2ccc(-c3cc(NCc4cccc(C#N)c4)nn3-c3cccc(C)n3)cc12. The Balaban J connectivity index is 1.57. The first-order valence-corrected chi connectivity index (χ1v) is 11.0. The Morgan fingerprint density at radius 2 is 1.97 bits per heavy atom. The van der Waals surface area contributed by atoms with Crippen molar-refractivity contribution in [3.05, 3.63) is 95.4 Å². The quantitative estimate of drug-likeness (QED) is 0.398. The molecule has 9 nitrogen and oxygen atoms in total. The Kier molecular flexibility index (Phi) is 5.69. The third-order valence-corrected chi connectivity index (χ3v) is 5.62. The first-order valence-electron chi connectivity index (χ1n) is 11.0. The molecule has 5 aromatic rings. The monoisotopic (exact) mass is 462 g/mol. The number of aromatic nitrogens is 5. The van der Waals surface area contributed by atoms with Gasteiger partial charge in [0.05, 0.1) is 34.6 Å². The topological polar surface area (TPSA) is 113 Å². The molecule has 1 amide bonds. The van der Waals surface area contributed by atoms with Crippen LogP contribution in [-0.4, -0.2) is 37.3 Å². The van der Waals surface area contributed by atoms with Gasteiger partial charge in [-0.25, -0.2) is 14.2 Å². The second-order valence-electron chi connectivity index (χ2n) is 8.01. The number of carbonyl (C=O) groups excluding carboxylic acids is 1. The minimum Gasteiger partial charge on any atom is -0.364 e. The van der Waals surface area contributed by atoms with Gasteiger partial charge in [-0.2, -0.15) is 10.4 Å². The fourth-order valence-electron chi connectivity index (χ4n) is 3.89. The molecule has 4 heterocycles. The van der Waals surface area contributed by atoms with Crippen molar-refractivity contribution < 1.29 is 4.79 Å². The maximum Gasteiger partial charge on any atom is 0.254 e. The zero-order chi connectivity index (χ0) is 24.4. The van der Waals surface area contributed by atoms with Crippen molar-refractivity contribution in [3.8, 4) is 23.1 Å². The molecule has 5 rings (SSSR count). The van der Waals surface area contributed by atoms with Gasteiger partial charge in [0.15, 0.2) is 5.82 Å². The van der Waals surface area contributed by atoms with Crippen LogP contribution in [0.4, 0.5) is 5.82 Å². The van der Waals surface area contributed by atoms with E-state index in [9.17, 15) is 4.79 Å². The Hall–Kier alpha value is -4.97. The van der Waals surface area contributed by atoms with Crippen LogP contribution in [0.1, 0.15) is 27.2 Å². The van der Waals surface area contributed by atoms with Crippen molar-refractivity contribution in [2.24, 2.45) is 0 Å². The average Bonchev–Trinajstić information content (AvgIpc) is 3.51. The molecule has 1 aromatic carbocycles. The molecule has 0 aliphatic heterocycles. The molecule has 0 aliphatic rings. The highest BCUT2D eigenvalue weighted by Gasteiger charge is 2.16. The van der Waals surface area contributed by atoms with Crippen LogP contribution in [0.2, 0.25) is 0 Å². The summed E-state index contributed by atoms with van der Waals surface area (Å²) in [6.45, 7) is 2.44. The zero-order valence-electron chi connectivity index (χ0n) is 19.2. The minimum absolute atomic E-state index is 0.201. The fourth-order valence-corrected chi connectivity index (χ4v) is 3.89. The van der Waals surface area contributed by atoms with Crippen molar-refractivity contribution in [3.63, 3.8) is 0 Å². The third kappa shape index (κ3) is 4.32. The maximum atomic E-state index is 12.3. The van der Waals surface area contributed by atoms with Crippen molar-refractivity contribution >= 4 is 17.2 Å². The van der Waals surface area contributed by atoms with Crippen molar-refractivity contribution in [2.75, 3.05) is 12.4 Å². The lowest BCUT2D eigenvalue weighted by Crippen LogP contribution is -2.17. The summed E-state index contributed by atoms with van der Waals surface area (Å²) in [5.74, 6) is 1.14. The first kappa shape index (κ1) is 21.9. The van der Waals surface area contributed by atoms with E-state index in [-0.39, 0.29) is 5.91 Å². The summed E-state index contributed by atoms with van der Waals surface area (Å²) in [4.78, 5) is 17.0. The lowest BCUT2D eigenvalue weighted by Gasteiger charge is -2.08. The molecule has 0 fully saturated rings.